The van der Waals surface area contributed by atoms with Gasteiger partial charge >= 0.3 is 0 Å². The first-order chi connectivity index (χ1) is 13.5. The first kappa shape index (κ1) is 19.4. The van der Waals surface area contributed by atoms with E-state index in [0.717, 1.165) is 5.56 Å². The van der Waals surface area contributed by atoms with Gasteiger partial charge in [0.25, 0.3) is 0 Å². The minimum absolute atomic E-state index is 0.151. The summed E-state index contributed by atoms with van der Waals surface area (Å²) in [7, 11) is 0. The molecule has 8 heteroatoms. The molecule has 0 fully saturated rings. The summed E-state index contributed by atoms with van der Waals surface area (Å²) in [6, 6.07) is 9.77. The van der Waals surface area contributed by atoms with Crippen molar-refractivity contribution in [3.05, 3.63) is 65.5 Å². The van der Waals surface area contributed by atoms with Gasteiger partial charge in [-0.25, -0.2) is 4.39 Å². The summed E-state index contributed by atoms with van der Waals surface area (Å²) in [5, 5.41) is 14.4. The number of nitrogens with one attached hydrogen (secondary N) is 2. The minimum atomic E-state index is -1.10. The number of hydrogen-bond donors (Lipinski definition) is 3. The number of halogens is 1. The Morgan fingerprint density at radius 2 is 1.89 bits per heavy atom. The van der Waals surface area contributed by atoms with Crippen molar-refractivity contribution in [1.82, 2.24) is 10.6 Å². The van der Waals surface area contributed by atoms with Crippen LogP contribution in [0.3, 0.4) is 0 Å². The molecule has 28 heavy (non-hydrogen) atoms. The fraction of sp³-hybridized carbons (Fsp3) is 0.200. The van der Waals surface area contributed by atoms with Crippen LogP contribution in [0, 0.1) is 5.82 Å². The van der Waals surface area contributed by atoms with Crippen LogP contribution in [-0.2, 0) is 16.1 Å². The average Bonchev–Trinajstić information content (AvgIpc) is 3.17. The number of aliphatic hydroxyl groups excluding tert-OH is 1. The maximum Gasteiger partial charge on any atom is 0.245 e. The van der Waals surface area contributed by atoms with Crippen LogP contribution in [-0.4, -0.2) is 36.4 Å². The molecule has 2 amide bonds. The molecule has 0 bridgehead atoms. The lowest BCUT2D eigenvalue weighted by Gasteiger charge is -2.15. The van der Waals surface area contributed by atoms with Crippen LogP contribution in [0.15, 0.2) is 48.5 Å². The maximum absolute atomic E-state index is 12.9. The lowest BCUT2D eigenvalue weighted by atomic mass is 10.2. The van der Waals surface area contributed by atoms with Gasteiger partial charge < -0.3 is 25.2 Å². The van der Waals surface area contributed by atoms with Crippen LogP contribution in [0.4, 0.5) is 4.39 Å². The molecule has 1 atom stereocenters. The van der Waals surface area contributed by atoms with E-state index in [9.17, 15) is 19.1 Å². The van der Waals surface area contributed by atoms with Gasteiger partial charge in [0.1, 0.15) is 11.9 Å². The number of carbonyl (C=O) groups is 2. The number of fused-ring (bicyclic) bond motifs is 1. The van der Waals surface area contributed by atoms with E-state index in [4.69, 9.17) is 9.47 Å². The molecule has 0 aliphatic carbocycles. The second-order valence-corrected chi connectivity index (χ2v) is 6.03. The molecular formula is C20H19FN2O5. The molecule has 1 aliphatic heterocycles. The normalized spacial score (nSPS) is 13.4. The van der Waals surface area contributed by atoms with E-state index in [-0.39, 0.29) is 19.2 Å². The molecule has 1 aliphatic rings. The molecule has 0 spiro atoms. The molecule has 2 aromatic carbocycles. The summed E-state index contributed by atoms with van der Waals surface area (Å²) < 4.78 is 23.4. The smallest absolute Gasteiger partial charge is 0.245 e. The molecule has 1 unspecified atom stereocenters. The van der Waals surface area contributed by atoms with Crippen LogP contribution < -0.4 is 20.1 Å². The molecule has 146 valence electrons. The fourth-order valence-corrected chi connectivity index (χ4v) is 2.52. The van der Waals surface area contributed by atoms with E-state index < -0.39 is 24.5 Å². The Bertz CT molecular complexity index is 883. The van der Waals surface area contributed by atoms with Gasteiger partial charge in [0, 0.05) is 12.6 Å². The van der Waals surface area contributed by atoms with Crippen LogP contribution in [0.1, 0.15) is 11.1 Å². The van der Waals surface area contributed by atoms with Gasteiger partial charge in [0.15, 0.2) is 11.5 Å². The van der Waals surface area contributed by atoms with E-state index in [1.807, 2.05) is 0 Å². The summed E-state index contributed by atoms with van der Waals surface area (Å²) in [6.07, 6.45) is 2.82. The fourth-order valence-electron chi connectivity index (χ4n) is 2.52. The third-order valence-corrected chi connectivity index (χ3v) is 4.02. The summed E-state index contributed by atoms with van der Waals surface area (Å²) in [5.74, 6) is -0.217. The zero-order valence-electron chi connectivity index (χ0n) is 14.9. The van der Waals surface area contributed by atoms with Crippen molar-refractivity contribution in [2.75, 3.05) is 13.4 Å². The average molecular weight is 386 g/mol. The number of carbonyl (C=O) groups excluding carboxylic acids is 2. The van der Waals surface area contributed by atoms with Crippen molar-refractivity contribution in [3.8, 4) is 11.5 Å². The molecule has 7 nitrogen and oxygen atoms in total. The molecule has 0 radical (unpaired) electrons. The van der Waals surface area contributed by atoms with Crippen LogP contribution in [0.25, 0.3) is 6.08 Å². The van der Waals surface area contributed by atoms with E-state index in [0.29, 0.717) is 17.1 Å². The van der Waals surface area contributed by atoms with Crippen molar-refractivity contribution < 1.29 is 28.6 Å². The predicted octanol–water partition coefficient (Wildman–Crippen LogP) is 1.36. The van der Waals surface area contributed by atoms with E-state index in [1.165, 1.54) is 30.3 Å². The zero-order valence-corrected chi connectivity index (χ0v) is 14.9. The van der Waals surface area contributed by atoms with Gasteiger partial charge in [-0.05, 0) is 41.5 Å². The third kappa shape index (κ3) is 5.08. The minimum Gasteiger partial charge on any atom is -0.454 e. The van der Waals surface area contributed by atoms with Crippen LogP contribution in [0.2, 0.25) is 0 Å². The molecular weight excluding hydrogens is 367 g/mol. The van der Waals surface area contributed by atoms with E-state index in [1.54, 1.807) is 24.3 Å². The molecule has 0 aromatic heterocycles. The van der Waals surface area contributed by atoms with Gasteiger partial charge in [-0.2, -0.15) is 0 Å². The Balaban J connectivity index is 1.52. The molecule has 0 saturated heterocycles. The Morgan fingerprint density at radius 1 is 1.14 bits per heavy atom. The van der Waals surface area contributed by atoms with Crippen molar-refractivity contribution in [2.24, 2.45) is 0 Å². The summed E-state index contributed by atoms with van der Waals surface area (Å²) in [6.45, 7) is -0.244. The van der Waals surface area contributed by atoms with Crippen LogP contribution >= 0.6 is 0 Å². The first-order valence-electron chi connectivity index (χ1n) is 8.56. The van der Waals surface area contributed by atoms with Gasteiger partial charge in [-0.15, -0.1) is 0 Å². The monoisotopic (exact) mass is 386 g/mol. The third-order valence-electron chi connectivity index (χ3n) is 4.02. The lowest BCUT2D eigenvalue weighted by Crippen LogP contribution is -2.48. The van der Waals surface area contributed by atoms with Gasteiger partial charge in [0.05, 0.1) is 6.61 Å². The second-order valence-electron chi connectivity index (χ2n) is 6.03. The van der Waals surface area contributed by atoms with Crippen molar-refractivity contribution in [2.45, 2.75) is 12.6 Å². The Morgan fingerprint density at radius 3 is 2.64 bits per heavy atom. The predicted molar refractivity (Wildman–Crippen MR) is 98.9 cm³/mol. The lowest BCUT2D eigenvalue weighted by molar-refractivity contribution is -0.128. The Hall–Kier alpha value is -3.39. The highest BCUT2D eigenvalue weighted by Gasteiger charge is 2.18. The molecule has 1 heterocycles. The van der Waals surface area contributed by atoms with Gasteiger partial charge in [-0.1, -0.05) is 18.2 Å². The molecule has 2 aromatic rings. The highest BCUT2D eigenvalue weighted by Crippen LogP contribution is 2.32. The molecule has 3 N–H and O–H groups in total. The largest absolute Gasteiger partial charge is 0.454 e. The first-order valence-corrected chi connectivity index (χ1v) is 8.56. The number of benzene rings is 2. The number of ether oxygens (including phenoxy) is 2. The Labute approximate surface area is 160 Å². The standard InChI is InChI=1S/C20H19FN2O5/c21-15-5-1-14(2-6-15)10-22-20(26)16(11-24)23-19(25)8-4-13-3-7-17-18(9-13)28-12-27-17/h1-9,16,24H,10-12H2,(H,22,26)(H,23,25). The topological polar surface area (TPSA) is 96.9 Å². The van der Waals surface area contributed by atoms with Gasteiger partial charge in [-0.3, -0.25) is 9.59 Å². The molecule has 3 rings (SSSR count). The Kier molecular flexibility index (Phi) is 6.23. The molecule has 0 saturated carbocycles. The summed E-state index contributed by atoms with van der Waals surface area (Å²) >= 11 is 0. The van der Waals surface area contributed by atoms with Crippen LogP contribution in [0.5, 0.6) is 11.5 Å². The number of hydrogen-bond acceptors (Lipinski definition) is 5. The summed E-state index contributed by atoms with van der Waals surface area (Å²) in [4.78, 5) is 24.2. The highest BCUT2D eigenvalue weighted by atomic mass is 19.1. The van der Waals surface area contributed by atoms with E-state index >= 15 is 0 Å². The van der Waals surface area contributed by atoms with E-state index in [2.05, 4.69) is 10.6 Å². The second kappa shape index (κ2) is 9.01. The summed E-state index contributed by atoms with van der Waals surface area (Å²) in [5.41, 5.74) is 1.42. The van der Waals surface area contributed by atoms with Gasteiger partial charge in [0.2, 0.25) is 18.6 Å². The maximum atomic E-state index is 12.9. The van der Waals surface area contributed by atoms with Crippen molar-refractivity contribution in [3.63, 3.8) is 0 Å². The number of rotatable bonds is 7. The number of amides is 2. The highest BCUT2D eigenvalue weighted by molar-refractivity contribution is 5.95. The SMILES string of the molecule is O=C(C=Cc1ccc2c(c1)OCO2)NC(CO)C(=O)NCc1ccc(F)cc1. The van der Waals surface area contributed by atoms with Crippen molar-refractivity contribution in [1.29, 1.82) is 0 Å². The quantitative estimate of drug-likeness (QED) is 0.625. The zero-order chi connectivity index (χ0) is 19.9. The number of aliphatic hydroxyl groups is 1. The van der Waals surface area contributed by atoms with Crippen molar-refractivity contribution >= 4 is 17.9 Å².